The molecule has 2 aliphatic heterocycles. The van der Waals surface area contributed by atoms with Gasteiger partial charge in [0.05, 0.1) is 4.92 Å². The van der Waals surface area contributed by atoms with Crippen molar-refractivity contribution in [1.82, 2.24) is 0 Å². The summed E-state index contributed by atoms with van der Waals surface area (Å²) < 4.78 is 16.4. The van der Waals surface area contributed by atoms with Crippen LogP contribution in [0, 0.1) is 10.1 Å². The molecule has 0 N–H and O–H groups in total. The molecule has 0 aliphatic carbocycles. The van der Waals surface area contributed by atoms with Crippen molar-refractivity contribution >= 4 is 11.4 Å². The molecule has 2 heterocycles. The van der Waals surface area contributed by atoms with Crippen LogP contribution in [0.1, 0.15) is 5.56 Å². The normalized spacial score (nSPS) is 15.2. The fourth-order valence-electron chi connectivity index (χ4n) is 2.59. The number of anilines is 1. The molecule has 2 aromatic carbocycles. The van der Waals surface area contributed by atoms with E-state index in [1.165, 1.54) is 6.07 Å². The van der Waals surface area contributed by atoms with Gasteiger partial charge in [-0.2, -0.15) is 0 Å². The number of benzene rings is 2. The van der Waals surface area contributed by atoms with Crippen molar-refractivity contribution in [3.05, 3.63) is 52.1 Å². The number of non-ortho nitro benzene ring substituents is 1. The molecule has 0 amide bonds. The van der Waals surface area contributed by atoms with Crippen LogP contribution in [0.15, 0.2) is 36.4 Å². The fourth-order valence-corrected chi connectivity index (χ4v) is 2.59. The van der Waals surface area contributed by atoms with Gasteiger partial charge in [0, 0.05) is 36.0 Å². The summed E-state index contributed by atoms with van der Waals surface area (Å²) >= 11 is 0. The first kappa shape index (κ1) is 12.8. The van der Waals surface area contributed by atoms with E-state index in [9.17, 15) is 10.1 Å². The van der Waals surface area contributed by atoms with Crippen LogP contribution < -0.4 is 19.1 Å². The zero-order valence-electron chi connectivity index (χ0n) is 11.5. The number of nitro benzene ring substituents is 1. The van der Waals surface area contributed by atoms with Crippen LogP contribution >= 0.6 is 0 Å². The molecular weight excluding hydrogens is 288 g/mol. The largest absolute Gasteiger partial charge is 0.473 e. The number of hydrogen-bond acceptors (Lipinski definition) is 6. The molecule has 112 valence electrons. The smallest absolute Gasteiger partial charge is 0.271 e. The minimum absolute atomic E-state index is 0.0639. The first-order valence-corrected chi connectivity index (χ1v) is 6.75. The van der Waals surface area contributed by atoms with E-state index in [4.69, 9.17) is 14.2 Å². The highest BCUT2D eigenvalue weighted by atomic mass is 16.7. The van der Waals surface area contributed by atoms with Crippen LogP contribution in [-0.2, 0) is 6.54 Å². The van der Waals surface area contributed by atoms with Gasteiger partial charge in [-0.25, -0.2) is 0 Å². The standard InChI is InChI=1S/C15H12N2O5/c18-17(19)12-3-1-2-11(5-12)16-7-10-4-14-15(22-9-21-14)6-13(10)20-8-16/h1-6H,7-9H2. The first-order valence-electron chi connectivity index (χ1n) is 6.75. The summed E-state index contributed by atoms with van der Waals surface area (Å²) in [6.07, 6.45) is 0. The van der Waals surface area contributed by atoms with Gasteiger partial charge in [0.2, 0.25) is 6.79 Å². The van der Waals surface area contributed by atoms with E-state index in [0.717, 1.165) is 17.0 Å². The molecule has 0 saturated carbocycles. The lowest BCUT2D eigenvalue weighted by atomic mass is 10.1. The number of hydrogen-bond donors (Lipinski definition) is 0. The van der Waals surface area contributed by atoms with Gasteiger partial charge in [-0.3, -0.25) is 10.1 Å². The van der Waals surface area contributed by atoms with Crippen LogP contribution in [0.4, 0.5) is 11.4 Å². The fraction of sp³-hybridized carbons (Fsp3) is 0.200. The van der Waals surface area contributed by atoms with E-state index < -0.39 is 4.92 Å². The summed E-state index contributed by atoms with van der Waals surface area (Å²) in [6.45, 7) is 1.13. The van der Waals surface area contributed by atoms with Gasteiger partial charge in [0.15, 0.2) is 18.2 Å². The van der Waals surface area contributed by atoms with E-state index in [1.807, 2.05) is 23.1 Å². The Morgan fingerprint density at radius 1 is 1.05 bits per heavy atom. The maximum absolute atomic E-state index is 10.9. The minimum Gasteiger partial charge on any atom is -0.473 e. The highest BCUT2D eigenvalue weighted by Gasteiger charge is 2.24. The molecule has 2 aliphatic rings. The Labute approximate surface area is 125 Å². The second-order valence-corrected chi connectivity index (χ2v) is 5.06. The summed E-state index contributed by atoms with van der Waals surface area (Å²) in [6, 6.07) is 10.2. The number of nitrogens with zero attached hydrogens (tertiary/aromatic N) is 2. The molecule has 7 heteroatoms. The highest BCUT2D eigenvalue weighted by Crippen LogP contribution is 2.40. The third-order valence-electron chi connectivity index (χ3n) is 3.70. The molecule has 2 aromatic rings. The molecule has 7 nitrogen and oxygen atoms in total. The molecule has 0 atom stereocenters. The Balaban J connectivity index is 1.64. The Hall–Kier alpha value is -2.96. The predicted octanol–water partition coefficient (Wildman–Crippen LogP) is 2.68. The summed E-state index contributed by atoms with van der Waals surface area (Å²) in [5.41, 5.74) is 1.77. The molecule has 0 radical (unpaired) electrons. The molecule has 0 unspecified atom stereocenters. The zero-order valence-corrected chi connectivity index (χ0v) is 11.5. The minimum atomic E-state index is -0.402. The second-order valence-electron chi connectivity index (χ2n) is 5.06. The molecule has 22 heavy (non-hydrogen) atoms. The van der Waals surface area contributed by atoms with Crippen LogP contribution in [-0.4, -0.2) is 18.4 Å². The molecule has 0 aromatic heterocycles. The monoisotopic (exact) mass is 300 g/mol. The van der Waals surface area contributed by atoms with Gasteiger partial charge in [-0.05, 0) is 12.1 Å². The summed E-state index contributed by atoms with van der Waals surface area (Å²) in [7, 11) is 0. The van der Waals surface area contributed by atoms with Crippen molar-refractivity contribution < 1.29 is 19.1 Å². The van der Waals surface area contributed by atoms with Crippen LogP contribution in [0.2, 0.25) is 0 Å². The van der Waals surface area contributed by atoms with Crippen LogP contribution in [0.5, 0.6) is 17.2 Å². The van der Waals surface area contributed by atoms with Crippen molar-refractivity contribution in [3.63, 3.8) is 0 Å². The third-order valence-corrected chi connectivity index (χ3v) is 3.70. The Bertz CT molecular complexity index is 762. The molecule has 0 fully saturated rings. The van der Waals surface area contributed by atoms with Gasteiger partial charge >= 0.3 is 0 Å². The molecule has 4 rings (SSSR count). The Morgan fingerprint density at radius 2 is 1.86 bits per heavy atom. The third kappa shape index (κ3) is 2.07. The zero-order chi connectivity index (χ0) is 15.1. The van der Waals surface area contributed by atoms with Gasteiger partial charge in [-0.1, -0.05) is 6.07 Å². The predicted molar refractivity (Wildman–Crippen MR) is 77.3 cm³/mol. The quantitative estimate of drug-likeness (QED) is 0.627. The Morgan fingerprint density at radius 3 is 2.68 bits per heavy atom. The topological polar surface area (TPSA) is 74.1 Å². The Kier molecular flexibility index (Phi) is 2.78. The second kappa shape index (κ2) is 4.80. The van der Waals surface area contributed by atoms with Crippen molar-refractivity contribution in [2.45, 2.75) is 6.54 Å². The molecule has 0 spiro atoms. The van der Waals surface area contributed by atoms with E-state index in [-0.39, 0.29) is 12.5 Å². The number of nitro groups is 1. The van der Waals surface area contributed by atoms with E-state index >= 15 is 0 Å². The number of ether oxygens (including phenoxy) is 3. The lowest BCUT2D eigenvalue weighted by Crippen LogP contribution is -2.31. The van der Waals surface area contributed by atoms with Gasteiger partial charge in [0.25, 0.3) is 5.69 Å². The number of rotatable bonds is 2. The van der Waals surface area contributed by atoms with Crippen LogP contribution in [0.3, 0.4) is 0 Å². The van der Waals surface area contributed by atoms with Gasteiger partial charge < -0.3 is 19.1 Å². The molecular formula is C15H12N2O5. The lowest BCUT2D eigenvalue weighted by molar-refractivity contribution is -0.384. The maximum atomic E-state index is 10.9. The lowest BCUT2D eigenvalue weighted by Gasteiger charge is -2.30. The van der Waals surface area contributed by atoms with Crippen LogP contribution in [0.25, 0.3) is 0 Å². The van der Waals surface area contributed by atoms with E-state index in [2.05, 4.69) is 0 Å². The number of fused-ring (bicyclic) bond motifs is 2. The average Bonchev–Trinajstić information content (AvgIpc) is 2.99. The van der Waals surface area contributed by atoms with E-state index in [1.54, 1.807) is 12.1 Å². The average molecular weight is 300 g/mol. The van der Waals surface area contributed by atoms with Crippen molar-refractivity contribution in [2.75, 3.05) is 18.4 Å². The molecule has 0 saturated heterocycles. The van der Waals surface area contributed by atoms with Gasteiger partial charge in [0.1, 0.15) is 5.75 Å². The van der Waals surface area contributed by atoms with E-state index in [0.29, 0.717) is 24.8 Å². The first-order chi connectivity index (χ1) is 10.7. The summed E-state index contributed by atoms with van der Waals surface area (Å²) in [5.74, 6) is 2.14. The van der Waals surface area contributed by atoms with Crippen molar-refractivity contribution in [1.29, 1.82) is 0 Å². The maximum Gasteiger partial charge on any atom is 0.271 e. The summed E-state index contributed by atoms with van der Waals surface area (Å²) in [4.78, 5) is 12.4. The summed E-state index contributed by atoms with van der Waals surface area (Å²) in [5, 5.41) is 10.9. The van der Waals surface area contributed by atoms with Crippen molar-refractivity contribution in [2.24, 2.45) is 0 Å². The van der Waals surface area contributed by atoms with Gasteiger partial charge in [-0.15, -0.1) is 0 Å². The van der Waals surface area contributed by atoms with Crippen molar-refractivity contribution in [3.8, 4) is 17.2 Å². The molecule has 0 bridgehead atoms. The SMILES string of the molecule is O=[N+]([O-])c1cccc(N2COc3cc4c(cc3C2)OCO4)c1. The highest BCUT2D eigenvalue weighted by molar-refractivity contribution is 5.58.